The molecule has 0 bridgehead atoms. The van der Waals surface area contributed by atoms with E-state index in [0.29, 0.717) is 98.6 Å². The summed E-state index contributed by atoms with van der Waals surface area (Å²) >= 11 is 0. The Bertz CT molecular complexity index is 687. The van der Waals surface area contributed by atoms with E-state index in [9.17, 15) is 0 Å². The minimum absolute atomic E-state index is 0.379. The molecule has 2 rings (SSSR count). The average molecular weight is 598 g/mol. The highest BCUT2D eigenvalue weighted by Gasteiger charge is 2.12. The second kappa shape index (κ2) is 28.5. The lowest BCUT2D eigenvalue weighted by molar-refractivity contribution is -0.0308. The molecule has 9 nitrogen and oxygen atoms in total. The summed E-state index contributed by atoms with van der Waals surface area (Å²) in [6.45, 7) is 12.2. The van der Waals surface area contributed by atoms with E-state index in [2.05, 4.69) is 36.5 Å². The maximum Gasteiger partial charge on any atom is 0.119 e. The van der Waals surface area contributed by atoms with Crippen molar-refractivity contribution in [2.24, 2.45) is 0 Å². The first-order valence-corrected chi connectivity index (χ1v) is 16.4. The van der Waals surface area contributed by atoms with Gasteiger partial charge in [-0.25, -0.2) is 0 Å². The van der Waals surface area contributed by atoms with Gasteiger partial charge in [0, 0.05) is 0 Å². The molecular weight excluding hydrogens is 538 g/mol. The van der Waals surface area contributed by atoms with E-state index in [4.69, 9.17) is 37.9 Å². The van der Waals surface area contributed by atoms with Crippen LogP contribution < -0.4 is 10.1 Å². The van der Waals surface area contributed by atoms with E-state index in [1.807, 2.05) is 0 Å². The van der Waals surface area contributed by atoms with E-state index in [1.165, 1.54) is 44.1 Å². The molecule has 0 aromatic heterocycles. The molecule has 1 aliphatic rings. The molecule has 0 amide bonds. The molecule has 0 unspecified atom stereocenters. The molecule has 1 aliphatic heterocycles. The van der Waals surface area contributed by atoms with Crippen LogP contribution in [0.3, 0.4) is 0 Å². The number of hydrogen-bond donors (Lipinski definition) is 1. The Morgan fingerprint density at radius 2 is 1.00 bits per heavy atom. The molecule has 0 saturated carbocycles. The maximum absolute atomic E-state index is 5.80. The van der Waals surface area contributed by atoms with Crippen molar-refractivity contribution in [2.45, 2.75) is 70.8 Å². The highest BCUT2D eigenvalue weighted by atomic mass is 16.6. The van der Waals surface area contributed by atoms with Gasteiger partial charge in [0.25, 0.3) is 0 Å². The van der Waals surface area contributed by atoms with E-state index in [-0.39, 0.29) is 0 Å². The number of ether oxygens (including phenoxy) is 8. The van der Waals surface area contributed by atoms with Crippen LogP contribution in [0, 0.1) is 0 Å². The molecule has 0 atom stereocenters. The third-order valence-corrected chi connectivity index (χ3v) is 6.97. The van der Waals surface area contributed by atoms with Gasteiger partial charge in [-0.2, -0.15) is 0 Å². The SMILES string of the molecule is CCCCCCCCc1ccc(OCCOCCOCCOCCOCCOCCOCCOC2CCNCC2)cc1. The highest BCUT2D eigenvalue weighted by Crippen LogP contribution is 2.15. The Hall–Kier alpha value is -1.30. The number of aryl methyl sites for hydroxylation is 1. The summed E-state index contributed by atoms with van der Waals surface area (Å²) in [5.74, 6) is 0.893. The molecule has 244 valence electrons. The minimum Gasteiger partial charge on any atom is -0.491 e. The molecule has 0 aliphatic carbocycles. The monoisotopic (exact) mass is 597 g/mol. The highest BCUT2D eigenvalue weighted by molar-refractivity contribution is 5.27. The molecule has 0 radical (unpaired) electrons. The Morgan fingerprint density at radius 1 is 0.548 bits per heavy atom. The number of rotatable bonds is 30. The first-order chi connectivity index (χ1) is 20.9. The van der Waals surface area contributed by atoms with Crippen molar-refractivity contribution in [3.63, 3.8) is 0 Å². The number of benzene rings is 1. The van der Waals surface area contributed by atoms with Crippen molar-refractivity contribution < 1.29 is 37.9 Å². The minimum atomic E-state index is 0.379. The van der Waals surface area contributed by atoms with Crippen LogP contribution in [0.5, 0.6) is 5.75 Å². The molecule has 1 heterocycles. The van der Waals surface area contributed by atoms with Gasteiger partial charge < -0.3 is 43.2 Å². The fraction of sp³-hybridized carbons (Fsp3) is 0.818. The summed E-state index contributed by atoms with van der Waals surface area (Å²) in [6, 6.07) is 8.46. The van der Waals surface area contributed by atoms with Crippen LogP contribution in [0.4, 0.5) is 0 Å². The normalized spacial score (nSPS) is 14.0. The van der Waals surface area contributed by atoms with Crippen LogP contribution in [0.25, 0.3) is 0 Å². The van der Waals surface area contributed by atoms with Crippen molar-refractivity contribution in [1.29, 1.82) is 0 Å². The van der Waals surface area contributed by atoms with Crippen molar-refractivity contribution in [2.75, 3.05) is 106 Å². The fourth-order valence-corrected chi connectivity index (χ4v) is 4.52. The topological polar surface area (TPSA) is 85.9 Å². The Morgan fingerprint density at radius 3 is 1.52 bits per heavy atom. The summed E-state index contributed by atoms with van der Waals surface area (Å²) < 4.78 is 44.7. The smallest absolute Gasteiger partial charge is 0.119 e. The average Bonchev–Trinajstić information content (AvgIpc) is 3.02. The van der Waals surface area contributed by atoms with Crippen molar-refractivity contribution in [1.82, 2.24) is 5.32 Å². The van der Waals surface area contributed by atoms with E-state index in [0.717, 1.165) is 38.1 Å². The molecule has 1 aromatic rings. The summed E-state index contributed by atoms with van der Waals surface area (Å²) in [5, 5.41) is 3.33. The van der Waals surface area contributed by atoms with Crippen LogP contribution in [0.1, 0.15) is 63.9 Å². The predicted molar refractivity (Wildman–Crippen MR) is 166 cm³/mol. The second-order valence-electron chi connectivity index (χ2n) is 10.5. The Labute approximate surface area is 255 Å². The third kappa shape index (κ3) is 22.3. The third-order valence-electron chi connectivity index (χ3n) is 6.97. The van der Waals surface area contributed by atoms with Gasteiger partial charge in [-0.15, -0.1) is 0 Å². The standard InChI is InChI=1S/C33H59NO8/c1-2-3-4-5-6-7-8-31-9-11-32(12-10-31)41-29-27-39-25-23-37-21-19-35-17-18-36-20-22-38-24-26-40-28-30-42-33-13-15-34-16-14-33/h9-12,33-34H,2-8,13-30H2,1H3. The first kappa shape index (κ1) is 36.9. The van der Waals surface area contributed by atoms with Crippen LogP contribution in [-0.2, 0) is 39.6 Å². The van der Waals surface area contributed by atoms with Gasteiger partial charge >= 0.3 is 0 Å². The molecule has 0 spiro atoms. The summed E-state index contributed by atoms with van der Waals surface area (Å²) in [7, 11) is 0. The molecule has 1 N–H and O–H groups in total. The molecule has 1 saturated heterocycles. The Kier molecular flexibility index (Phi) is 25.0. The second-order valence-corrected chi connectivity index (χ2v) is 10.5. The quantitative estimate of drug-likeness (QED) is 0.125. The lowest BCUT2D eigenvalue weighted by atomic mass is 10.0. The molecule has 42 heavy (non-hydrogen) atoms. The Balaban J connectivity index is 1.22. The van der Waals surface area contributed by atoms with Crippen LogP contribution in [0.2, 0.25) is 0 Å². The first-order valence-electron chi connectivity index (χ1n) is 16.4. The van der Waals surface area contributed by atoms with Crippen LogP contribution in [0.15, 0.2) is 24.3 Å². The zero-order valence-corrected chi connectivity index (χ0v) is 26.3. The largest absolute Gasteiger partial charge is 0.491 e. The van der Waals surface area contributed by atoms with Gasteiger partial charge in [0.15, 0.2) is 0 Å². The number of nitrogens with one attached hydrogen (secondary N) is 1. The molecule has 1 aromatic carbocycles. The maximum atomic E-state index is 5.80. The zero-order valence-electron chi connectivity index (χ0n) is 26.3. The number of unbranched alkanes of at least 4 members (excludes halogenated alkanes) is 5. The van der Waals surface area contributed by atoms with E-state index in [1.54, 1.807) is 0 Å². The van der Waals surface area contributed by atoms with Crippen molar-refractivity contribution in [3.8, 4) is 5.75 Å². The van der Waals surface area contributed by atoms with E-state index >= 15 is 0 Å². The predicted octanol–water partition coefficient (Wildman–Crippen LogP) is 4.84. The fourth-order valence-electron chi connectivity index (χ4n) is 4.52. The summed E-state index contributed by atoms with van der Waals surface area (Å²) in [5.41, 5.74) is 1.38. The van der Waals surface area contributed by atoms with Gasteiger partial charge in [0.05, 0.1) is 92.0 Å². The van der Waals surface area contributed by atoms with Gasteiger partial charge in [-0.1, -0.05) is 51.2 Å². The lowest BCUT2D eigenvalue weighted by Gasteiger charge is -2.22. The van der Waals surface area contributed by atoms with Crippen molar-refractivity contribution >= 4 is 0 Å². The van der Waals surface area contributed by atoms with Crippen LogP contribution in [-0.4, -0.2) is 112 Å². The van der Waals surface area contributed by atoms with Gasteiger partial charge in [0.1, 0.15) is 12.4 Å². The molecule has 1 fully saturated rings. The van der Waals surface area contributed by atoms with Gasteiger partial charge in [0.2, 0.25) is 0 Å². The number of hydrogen-bond acceptors (Lipinski definition) is 9. The number of piperidine rings is 1. The molecular formula is C33H59NO8. The zero-order chi connectivity index (χ0) is 29.6. The van der Waals surface area contributed by atoms with E-state index < -0.39 is 0 Å². The van der Waals surface area contributed by atoms with Gasteiger partial charge in [-0.05, 0) is 56.5 Å². The van der Waals surface area contributed by atoms with Crippen molar-refractivity contribution in [3.05, 3.63) is 29.8 Å². The summed E-state index contributed by atoms with van der Waals surface area (Å²) in [4.78, 5) is 0. The van der Waals surface area contributed by atoms with Gasteiger partial charge in [-0.3, -0.25) is 0 Å². The lowest BCUT2D eigenvalue weighted by Crippen LogP contribution is -2.33. The molecule has 9 heteroatoms. The summed E-state index contributed by atoms with van der Waals surface area (Å²) in [6.07, 6.45) is 11.7. The van der Waals surface area contributed by atoms with Crippen LogP contribution >= 0.6 is 0 Å².